The molecular formula is C19H25N3O3. The van der Waals surface area contributed by atoms with Crippen molar-refractivity contribution in [1.29, 1.82) is 0 Å². The lowest BCUT2D eigenvalue weighted by Gasteiger charge is -2.36. The molecule has 0 bridgehead atoms. The van der Waals surface area contributed by atoms with Crippen LogP contribution in [0.25, 0.3) is 5.69 Å². The van der Waals surface area contributed by atoms with Crippen molar-refractivity contribution in [2.75, 3.05) is 27.3 Å². The number of benzene rings is 1. The maximum Gasteiger partial charge on any atom is 0.257 e. The summed E-state index contributed by atoms with van der Waals surface area (Å²) in [4.78, 5) is 14.8. The number of hydrogen-bond acceptors (Lipinski definition) is 4. The summed E-state index contributed by atoms with van der Waals surface area (Å²) in [5.74, 6) is 1.19. The van der Waals surface area contributed by atoms with Crippen LogP contribution >= 0.6 is 0 Å². The number of hydrogen-bond donors (Lipinski definition) is 0. The lowest BCUT2D eigenvalue weighted by Crippen LogP contribution is -2.46. The summed E-state index contributed by atoms with van der Waals surface area (Å²) >= 11 is 0. The Balaban J connectivity index is 1.87. The number of para-hydroxylation sites is 2. The lowest BCUT2D eigenvalue weighted by atomic mass is 9.95. The van der Waals surface area contributed by atoms with Crippen LogP contribution in [-0.4, -0.2) is 54.0 Å². The maximum atomic E-state index is 13.0. The van der Waals surface area contributed by atoms with Crippen molar-refractivity contribution < 1.29 is 14.3 Å². The zero-order chi connectivity index (χ0) is 18.0. The van der Waals surface area contributed by atoms with Gasteiger partial charge in [0.25, 0.3) is 5.91 Å². The van der Waals surface area contributed by atoms with E-state index in [0.29, 0.717) is 18.0 Å². The van der Waals surface area contributed by atoms with Crippen LogP contribution in [0.1, 0.15) is 29.4 Å². The van der Waals surface area contributed by atoms with Gasteiger partial charge in [-0.2, -0.15) is 5.10 Å². The molecule has 2 aromatic rings. The summed E-state index contributed by atoms with van der Waals surface area (Å²) in [7, 11) is 3.34. The normalized spacial score (nSPS) is 20.6. The minimum atomic E-state index is 0.00704. The average molecular weight is 343 g/mol. The van der Waals surface area contributed by atoms with E-state index in [-0.39, 0.29) is 12.0 Å². The molecule has 0 N–H and O–H groups in total. The Bertz CT molecular complexity index is 756. The van der Waals surface area contributed by atoms with E-state index in [1.807, 2.05) is 36.1 Å². The third-order valence-corrected chi connectivity index (χ3v) is 5.03. The summed E-state index contributed by atoms with van der Waals surface area (Å²) in [6.07, 6.45) is 2.68. The van der Waals surface area contributed by atoms with E-state index in [1.165, 1.54) is 0 Å². The van der Waals surface area contributed by atoms with E-state index in [9.17, 15) is 4.79 Å². The Hall–Kier alpha value is -2.34. The van der Waals surface area contributed by atoms with E-state index in [1.54, 1.807) is 25.1 Å². The summed E-state index contributed by atoms with van der Waals surface area (Å²) in [6.45, 7) is 5.45. The number of nitrogens with zero attached hydrogens (tertiary/aromatic N) is 3. The molecule has 6 nitrogen and oxygen atoms in total. The number of aromatic nitrogens is 2. The first-order valence-corrected chi connectivity index (χ1v) is 8.57. The summed E-state index contributed by atoms with van der Waals surface area (Å²) < 4.78 is 12.7. The SMILES string of the molecule is COc1ccccc1-n1ncc(C(=O)N2CC[C@@H](C)[C@@H](OC)C2)c1C. The fraction of sp³-hybridized carbons (Fsp3) is 0.474. The highest BCUT2D eigenvalue weighted by molar-refractivity contribution is 5.95. The zero-order valence-electron chi connectivity index (χ0n) is 15.2. The monoisotopic (exact) mass is 343 g/mol. The molecule has 1 amide bonds. The predicted octanol–water partition coefficient (Wildman–Crippen LogP) is 2.69. The van der Waals surface area contributed by atoms with Gasteiger partial charge in [0.2, 0.25) is 0 Å². The second-order valence-electron chi connectivity index (χ2n) is 6.52. The van der Waals surface area contributed by atoms with Crippen LogP contribution in [0.4, 0.5) is 0 Å². The van der Waals surface area contributed by atoms with Gasteiger partial charge < -0.3 is 14.4 Å². The highest BCUT2D eigenvalue weighted by atomic mass is 16.5. The molecular weight excluding hydrogens is 318 g/mol. The Morgan fingerprint density at radius 1 is 1.28 bits per heavy atom. The maximum absolute atomic E-state index is 13.0. The van der Waals surface area contributed by atoms with Crippen molar-refractivity contribution >= 4 is 5.91 Å². The van der Waals surface area contributed by atoms with Gasteiger partial charge in [0.1, 0.15) is 11.4 Å². The van der Waals surface area contributed by atoms with Gasteiger partial charge in [-0.1, -0.05) is 19.1 Å². The van der Waals surface area contributed by atoms with Crippen molar-refractivity contribution in [3.8, 4) is 11.4 Å². The summed E-state index contributed by atoms with van der Waals surface area (Å²) in [6, 6.07) is 7.65. The number of amides is 1. The molecule has 0 saturated carbocycles. The van der Waals surface area contributed by atoms with Crippen LogP contribution in [0, 0.1) is 12.8 Å². The lowest BCUT2D eigenvalue weighted by molar-refractivity contribution is -0.00159. The highest BCUT2D eigenvalue weighted by Crippen LogP contribution is 2.26. The van der Waals surface area contributed by atoms with Gasteiger partial charge in [0, 0.05) is 20.2 Å². The number of likely N-dealkylation sites (tertiary alicyclic amines) is 1. The van der Waals surface area contributed by atoms with E-state index in [0.717, 1.165) is 30.1 Å². The van der Waals surface area contributed by atoms with Crippen molar-refractivity contribution in [2.24, 2.45) is 5.92 Å². The molecule has 1 fully saturated rings. The first-order valence-electron chi connectivity index (χ1n) is 8.57. The standard InChI is InChI=1S/C19H25N3O3/c1-13-9-10-21(12-18(13)25-4)19(23)15-11-20-22(14(15)2)16-7-5-6-8-17(16)24-3/h5-8,11,13,18H,9-10,12H2,1-4H3/t13-,18+/m1/s1. The summed E-state index contributed by atoms with van der Waals surface area (Å²) in [5, 5.41) is 4.42. The highest BCUT2D eigenvalue weighted by Gasteiger charge is 2.30. The van der Waals surface area contributed by atoms with E-state index >= 15 is 0 Å². The molecule has 0 aliphatic carbocycles. The molecule has 0 radical (unpaired) electrons. The predicted molar refractivity (Wildman–Crippen MR) is 95.3 cm³/mol. The van der Waals surface area contributed by atoms with Crippen LogP contribution in [-0.2, 0) is 4.74 Å². The molecule has 1 aromatic carbocycles. The van der Waals surface area contributed by atoms with Crippen LogP contribution in [0.3, 0.4) is 0 Å². The van der Waals surface area contributed by atoms with Gasteiger partial charge in [-0.25, -0.2) is 4.68 Å². The minimum absolute atomic E-state index is 0.00704. The van der Waals surface area contributed by atoms with Crippen molar-refractivity contribution in [3.05, 3.63) is 41.7 Å². The minimum Gasteiger partial charge on any atom is -0.494 e. The number of methoxy groups -OCH3 is 2. The molecule has 134 valence electrons. The van der Waals surface area contributed by atoms with Crippen molar-refractivity contribution in [2.45, 2.75) is 26.4 Å². The van der Waals surface area contributed by atoms with E-state index in [2.05, 4.69) is 12.0 Å². The second-order valence-corrected chi connectivity index (χ2v) is 6.52. The molecule has 3 rings (SSSR count). The van der Waals surface area contributed by atoms with E-state index < -0.39 is 0 Å². The largest absolute Gasteiger partial charge is 0.494 e. The molecule has 25 heavy (non-hydrogen) atoms. The topological polar surface area (TPSA) is 56.6 Å². The zero-order valence-corrected chi connectivity index (χ0v) is 15.2. The van der Waals surface area contributed by atoms with Gasteiger partial charge in [-0.05, 0) is 31.4 Å². The van der Waals surface area contributed by atoms with Crippen LogP contribution in [0.5, 0.6) is 5.75 Å². The molecule has 0 spiro atoms. The first-order chi connectivity index (χ1) is 12.1. The Kier molecular flexibility index (Phi) is 5.08. The fourth-order valence-corrected chi connectivity index (χ4v) is 3.36. The number of piperidine rings is 1. The smallest absolute Gasteiger partial charge is 0.257 e. The number of rotatable bonds is 4. The molecule has 2 atom stereocenters. The van der Waals surface area contributed by atoms with Crippen molar-refractivity contribution in [3.63, 3.8) is 0 Å². The Labute approximate surface area is 148 Å². The van der Waals surface area contributed by atoms with Gasteiger partial charge in [-0.3, -0.25) is 4.79 Å². The van der Waals surface area contributed by atoms with Gasteiger partial charge in [-0.15, -0.1) is 0 Å². The molecule has 0 unspecified atom stereocenters. The van der Waals surface area contributed by atoms with Crippen LogP contribution in [0.15, 0.2) is 30.5 Å². The number of ether oxygens (including phenoxy) is 2. The number of carbonyl (C=O) groups excluding carboxylic acids is 1. The van der Waals surface area contributed by atoms with Gasteiger partial charge in [0.05, 0.1) is 30.7 Å². The molecule has 1 aromatic heterocycles. The van der Waals surface area contributed by atoms with Crippen LogP contribution in [0.2, 0.25) is 0 Å². The summed E-state index contributed by atoms with van der Waals surface area (Å²) in [5.41, 5.74) is 2.25. The van der Waals surface area contributed by atoms with Crippen LogP contribution < -0.4 is 4.74 Å². The third-order valence-electron chi connectivity index (χ3n) is 5.03. The Morgan fingerprint density at radius 2 is 2.04 bits per heavy atom. The molecule has 1 aliphatic rings. The second kappa shape index (κ2) is 7.27. The third kappa shape index (κ3) is 3.26. The number of carbonyl (C=O) groups is 1. The van der Waals surface area contributed by atoms with Gasteiger partial charge >= 0.3 is 0 Å². The molecule has 1 aliphatic heterocycles. The molecule has 6 heteroatoms. The Morgan fingerprint density at radius 3 is 2.76 bits per heavy atom. The van der Waals surface area contributed by atoms with Crippen molar-refractivity contribution in [1.82, 2.24) is 14.7 Å². The average Bonchev–Trinajstić information content (AvgIpc) is 3.02. The molecule has 2 heterocycles. The quantitative estimate of drug-likeness (QED) is 0.856. The van der Waals surface area contributed by atoms with E-state index in [4.69, 9.17) is 9.47 Å². The van der Waals surface area contributed by atoms with Gasteiger partial charge in [0.15, 0.2) is 0 Å². The fourth-order valence-electron chi connectivity index (χ4n) is 3.36. The first kappa shape index (κ1) is 17.5. The molecule has 1 saturated heterocycles.